The number of nitrogens with zero attached hydrogens (tertiary/aromatic N) is 2. The molecule has 0 aliphatic heterocycles. The molecular weight excluding hydrogens is 405 g/mol. The molecule has 1 unspecified atom stereocenters. The maximum atomic E-state index is 14.6. The van der Waals surface area contributed by atoms with E-state index in [9.17, 15) is 9.18 Å². The van der Waals surface area contributed by atoms with Crippen molar-refractivity contribution in [1.29, 1.82) is 0 Å². The predicted octanol–water partition coefficient (Wildman–Crippen LogP) is 4.97. The van der Waals surface area contributed by atoms with Gasteiger partial charge in [0.25, 0.3) is 5.91 Å². The quantitative estimate of drug-likeness (QED) is 0.452. The number of imidazole rings is 1. The van der Waals surface area contributed by atoms with E-state index in [0.29, 0.717) is 29.3 Å². The zero-order chi connectivity index (χ0) is 22.5. The molecular formula is C26H24FN3O2. The number of nitrogens with one attached hydrogen (secondary N) is 1. The Hall–Kier alpha value is -3.93. The fraction of sp³-hybridized carbons (Fsp3) is 0.154. The van der Waals surface area contributed by atoms with Crippen molar-refractivity contribution in [1.82, 2.24) is 14.9 Å². The van der Waals surface area contributed by atoms with Gasteiger partial charge in [-0.2, -0.15) is 0 Å². The molecule has 32 heavy (non-hydrogen) atoms. The van der Waals surface area contributed by atoms with Gasteiger partial charge in [0.05, 0.1) is 0 Å². The van der Waals surface area contributed by atoms with E-state index in [1.807, 2.05) is 32.2 Å². The molecule has 0 radical (unpaired) electrons. The van der Waals surface area contributed by atoms with Gasteiger partial charge in [0.15, 0.2) is 0 Å². The molecule has 1 amide bonds. The second kappa shape index (κ2) is 9.47. The lowest BCUT2D eigenvalue weighted by Gasteiger charge is -2.20. The van der Waals surface area contributed by atoms with E-state index in [2.05, 4.69) is 16.4 Å². The topological polar surface area (TPSA) is 56.1 Å². The molecule has 4 rings (SSSR count). The van der Waals surface area contributed by atoms with Crippen molar-refractivity contribution >= 4 is 5.91 Å². The van der Waals surface area contributed by atoms with Crippen molar-refractivity contribution in [3.63, 3.8) is 0 Å². The molecule has 1 atom stereocenters. The monoisotopic (exact) mass is 429 g/mol. The van der Waals surface area contributed by atoms with Crippen LogP contribution in [0.5, 0.6) is 5.75 Å². The highest BCUT2D eigenvalue weighted by atomic mass is 19.1. The van der Waals surface area contributed by atoms with E-state index in [4.69, 9.17) is 4.74 Å². The Morgan fingerprint density at radius 1 is 1.09 bits per heavy atom. The fourth-order valence-electron chi connectivity index (χ4n) is 3.56. The van der Waals surface area contributed by atoms with Crippen LogP contribution in [0, 0.1) is 12.7 Å². The summed E-state index contributed by atoms with van der Waals surface area (Å²) in [6.07, 6.45) is 3.38. The molecule has 0 aliphatic carbocycles. The lowest BCUT2D eigenvalue weighted by Crippen LogP contribution is -2.31. The van der Waals surface area contributed by atoms with E-state index < -0.39 is 11.9 Å². The van der Waals surface area contributed by atoms with Gasteiger partial charge in [-0.3, -0.25) is 4.79 Å². The second-order valence-electron chi connectivity index (χ2n) is 7.63. The maximum Gasteiger partial charge on any atom is 0.252 e. The molecule has 0 bridgehead atoms. The number of aromatic nitrogens is 2. The lowest BCUT2D eigenvalue weighted by molar-refractivity contribution is 0.0940. The van der Waals surface area contributed by atoms with Gasteiger partial charge in [-0.05, 0) is 36.8 Å². The molecule has 0 saturated heterocycles. The number of amides is 1. The molecule has 0 saturated carbocycles. The summed E-state index contributed by atoms with van der Waals surface area (Å²) in [6, 6.07) is 20.7. The Labute approximate surface area is 186 Å². The van der Waals surface area contributed by atoms with Crippen LogP contribution in [0.25, 0.3) is 0 Å². The van der Waals surface area contributed by atoms with Gasteiger partial charge in [-0.1, -0.05) is 54.1 Å². The van der Waals surface area contributed by atoms with Gasteiger partial charge in [-0.15, -0.1) is 0 Å². The van der Waals surface area contributed by atoms with Gasteiger partial charge in [0.2, 0.25) is 0 Å². The van der Waals surface area contributed by atoms with E-state index >= 15 is 0 Å². The zero-order valence-corrected chi connectivity index (χ0v) is 18.0. The summed E-state index contributed by atoms with van der Waals surface area (Å²) in [7, 11) is 1.81. The van der Waals surface area contributed by atoms with Crippen LogP contribution < -0.4 is 10.1 Å². The molecule has 0 spiro atoms. The van der Waals surface area contributed by atoms with E-state index in [1.54, 1.807) is 59.4 Å². The van der Waals surface area contributed by atoms with Crippen LogP contribution in [-0.2, 0) is 13.7 Å². The Bertz CT molecular complexity index is 1230. The molecule has 0 fully saturated rings. The van der Waals surface area contributed by atoms with Gasteiger partial charge in [0.1, 0.15) is 30.0 Å². The number of aryl methyl sites for hydroxylation is 2. The number of carbonyl (C=O) groups excluding carboxylic acids is 1. The van der Waals surface area contributed by atoms with Crippen LogP contribution in [0.3, 0.4) is 0 Å². The number of carbonyl (C=O) groups is 1. The highest BCUT2D eigenvalue weighted by molar-refractivity contribution is 5.95. The predicted molar refractivity (Wildman–Crippen MR) is 121 cm³/mol. The minimum Gasteiger partial charge on any atom is -0.489 e. The first-order valence-corrected chi connectivity index (χ1v) is 10.3. The van der Waals surface area contributed by atoms with Crippen LogP contribution in [0.1, 0.15) is 38.9 Å². The minimum absolute atomic E-state index is 0.345. The third kappa shape index (κ3) is 4.86. The second-order valence-corrected chi connectivity index (χ2v) is 7.63. The van der Waals surface area contributed by atoms with Crippen molar-refractivity contribution in [3.8, 4) is 5.75 Å². The first kappa shape index (κ1) is 21.3. The Kier molecular flexibility index (Phi) is 6.31. The summed E-state index contributed by atoms with van der Waals surface area (Å²) < 4.78 is 22.2. The fourth-order valence-corrected chi connectivity index (χ4v) is 3.56. The molecule has 1 aromatic heterocycles. The number of hydrogen-bond donors (Lipinski definition) is 1. The third-order valence-corrected chi connectivity index (χ3v) is 5.19. The average Bonchev–Trinajstić information content (AvgIpc) is 3.22. The van der Waals surface area contributed by atoms with Crippen molar-refractivity contribution in [2.75, 3.05) is 0 Å². The Morgan fingerprint density at radius 3 is 2.66 bits per heavy atom. The van der Waals surface area contributed by atoms with Gasteiger partial charge in [-0.25, -0.2) is 9.37 Å². The van der Waals surface area contributed by atoms with Gasteiger partial charge >= 0.3 is 0 Å². The summed E-state index contributed by atoms with van der Waals surface area (Å²) >= 11 is 0. The van der Waals surface area contributed by atoms with E-state index in [1.165, 1.54) is 6.07 Å². The summed E-state index contributed by atoms with van der Waals surface area (Å²) in [5.74, 6) is 0.368. The Morgan fingerprint density at radius 2 is 1.91 bits per heavy atom. The standard InChI is InChI=1S/C26H24FN3O2/c1-18-7-5-8-19(15-18)17-32-21-10-6-9-20(16-21)26(31)29-24(25-28-13-14-30(25)2)22-11-3-4-12-23(22)27/h3-16,24H,17H2,1-2H3,(H,29,31). The van der Waals surface area contributed by atoms with Crippen molar-refractivity contribution < 1.29 is 13.9 Å². The molecule has 162 valence electrons. The summed E-state index contributed by atoms with van der Waals surface area (Å²) in [6.45, 7) is 2.43. The third-order valence-electron chi connectivity index (χ3n) is 5.19. The molecule has 4 aromatic rings. The zero-order valence-electron chi connectivity index (χ0n) is 18.0. The number of rotatable bonds is 7. The number of hydrogen-bond acceptors (Lipinski definition) is 3. The first-order valence-electron chi connectivity index (χ1n) is 10.3. The van der Waals surface area contributed by atoms with Gasteiger partial charge in [0, 0.05) is 30.6 Å². The van der Waals surface area contributed by atoms with Crippen molar-refractivity contribution in [2.24, 2.45) is 7.05 Å². The normalized spacial score (nSPS) is 11.7. The SMILES string of the molecule is Cc1cccc(COc2cccc(C(=O)NC(c3ccccc3F)c3nccn3C)c2)c1. The van der Waals surface area contributed by atoms with Crippen LogP contribution in [0.15, 0.2) is 85.2 Å². The van der Waals surface area contributed by atoms with Crippen molar-refractivity contribution in [2.45, 2.75) is 19.6 Å². The van der Waals surface area contributed by atoms with Crippen LogP contribution in [-0.4, -0.2) is 15.5 Å². The summed E-state index contributed by atoms with van der Waals surface area (Å²) in [5.41, 5.74) is 2.98. The molecule has 6 heteroatoms. The van der Waals surface area contributed by atoms with Crippen LogP contribution >= 0.6 is 0 Å². The highest BCUT2D eigenvalue weighted by Crippen LogP contribution is 2.24. The van der Waals surface area contributed by atoms with E-state index in [-0.39, 0.29) is 5.91 Å². The molecule has 1 heterocycles. The molecule has 1 N–H and O–H groups in total. The number of halogens is 1. The number of ether oxygens (including phenoxy) is 1. The first-order chi connectivity index (χ1) is 15.5. The van der Waals surface area contributed by atoms with Crippen LogP contribution in [0.4, 0.5) is 4.39 Å². The van der Waals surface area contributed by atoms with Gasteiger partial charge < -0.3 is 14.6 Å². The van der Waals surface area contributed by atoms with Crippen molar-refractivity contribution in [3.05, 3.63) is 119 Å². The molecule has 0 aliphatic rings. The largest absolute Gasteiger partial charge is 0.489 e. The summed E-state index contributed by atoms with van der Waals surface area (Å²) in [4.78, 5) is 17.4. The maximum absolute atomic E-state index is 14.6. The van der Waals surface area contributed by atoms with E-state index in [0.717, 1.165) is 11.1 Å². The highest BCUT2D eigenvalue weighted by Gasteiger charge is 2.24. The number of benzene rings is 3. The Balaban J connectivity index is 1.54. The van der Waals surface area contributed by atoms with Crippen LogP contribution in [0.2, 0.25) is 0 Å². The smallest absolute Gasteiger partial charge is 0.252 e. The lowest BCUT2D eigenvalue weighted by atomic mass is 10.0. The molecule has 5 nitrogen and oxygen atoms in total. The summed E-state index contributed by atoms with van der Waals surface area (Å²) in [5, 5.41) is 2.92. The molecule has 3 aromatic carbocycles. The minimum atomic E-state index is -0.736. The average molecular weight is 429 g/mol.